The molecule has 0 saturated carbocycles. The van der Waals surface area contributed by atoms with Gasteiger partial charge in [0, 0.05) is 24.6 Å². The van der Waals surface area contributed by atoms with Gasteiger partial charge in [-0.25, -0.2) is 0 Å². The van der Waals surface area contributed by atoms with Gasteiger partial charge in [0.15, 0.2) is 0 Å². The molecule has 1 amide bonds. The van der Waals surface area contributed by atoms with Gasteiger partial charge in [-0.3, -0.25) is 14.9 Å². The number of carbonyl (C=O) groups is 2. The van der Waals surface area contributed by atoms with Gasteiger partial charge < -0.3 is 10.1 Å². The second-order valence-electron chi connectivity index (χ2n) is 4.30. The second kappa shape index (κ2) is 9.22. The molecule has 1 atom stereocenters. The average Bonchev–Trinajstić information content (AvgIpc) is 2.91. The standard InChI is InChI=1S/C12H22N2O3S/c1-17-11(15)6-4-2-3-5-7-13-12(16)10-8-18-9-14-10/h10,14H,2-9H2,1H3,(H,13,16). The van der Waals surface area contributed by atoms with Crippen LogP contribution < -0.4 is 10.6 Å². The number of rotatable bonds is 8. The van der Waals surface area contributed by atoms with E-state index in [0.29, 0.717) is 6.42 Å². The molecule has 5 nitrogen and oxygen atoms in total. The molecular formula is C12H22N2O3S. The van der Waals surface area contributed by atoms with Gasteiger partial charge in [0.1, 0.15) is 0 Å². The Morgan fingerprint density at radius 3 is 2.78 bits per heavy atom. The lowest BCUT2D eigenvalue weighted by atomic mass is 10.1. The summed E-state index contributed by atoms with van der Waals surface area (Å²) in [5.74, 6) is 1.69. The molecule has 1 unspecified atom stereocenters. The number of unbranched alkanes of at least 4 members (excludes halogenated alkanes) is 3. The highest BCUT2D eigenvalue weighted by Gasteiger charge is 2.21. The fourth-order valence-corrected chi connectivity index (χ4v) is 2.69. The van der Waals surface area contributed by atoms with Crippen LogP contribution in [-0.4, -0.2) is 43.2 Å². The summed E-state index contributed by atoms with van der Waals surface area (Å²) in [6.45, 7) is 0.722. The molecule has 0 bridgehead atoms. The first-order valence-electron chi connectivity index (χ1n) is 6.39. The quantitative estimate of drug-likeness (QED) is 0.508. The first-order valence-corrected chi connectivity index (χ1v) is 7.55. The van der Waals surface area contributed by atoms with Gasteiger partial charge in [-0.05, 0) is 12.8 Å². The minimum atomic E-state index is -0.145. The van der Waals surface area contributed by atoms with E-state index < -0.39 is 0 Å². The molecule has 1 fully saturated rings. The van der Waals surface area contributed by atoms with Gasteiger partial charge in [-0.2, -0.15) is 0 Å². The molecule has 0 spiro atoms. The maximum Gasteiger partial charge on any atom is 0.305 e. The van der Waals surface area contributed by atoms with Crippen LogP contribution in [0.25, 0.3) is 0 Å². The van der Waals surface area contributed by atoms with E-state index in [0.717, 1.165) is 43.9 Å². The summed E-state index contributed by atoms with van der Waals surface area (Å²) in [4.78, 5) is 22.5. The van der Waals surface area contributed by atoms with Gasteiger partial charge in [0.05, 0.1) is 13.2 Å². The molecule has 1 heterocycles. The van der Waals surface area contributed by atoms with Gasteiger partial charge in [0.25, 0.3) is 0 Å². The van der Waals surface area contributed by atoms with Crippen molar-refractivity contribution in [3.8, 4) is 0 Å². The molecule has 0 aromatic carbocycles. The van der Waals surface area contributed by atoms with Crippen molar-refractivity contribution in [2.45, 2.75) is 38.1 Å². The predicted octanol–water partition coefficient (Wildman–Crippen LogP) is 0.889. The van der Waals surface area contributed by atoms with E-state index in [9.17, 15) is 9.59 Å². The van der Waals surface area contributed by atoms with Crippen molar-refractivity contribution in [3.63, 3.8) is 0 Å². The van der Waals surface area contributed by atoms with Crippen molar-refractivity contribution >= 4 is 23.6 Å². The van der Waals surface area contributed by atoms with Gasteiger partial charge in [-0.15, -0.1) is 11.8 Å². The number of nitrogens with one attached hydrogen (secondary N) is 2. The summed E-state index contributed by atoms with van der Waals surface area (Å²) in [5, 5.41) is 6.07. The van der Waals surface area contributed by atoms with E-state index in [-0.39, 0.29) is 17.9 Å². The first kappa shape index (κ1) is 15.3. The molecule has 104 valence electrons. The Morgan fingerprint density at radius 2 is 2.11 bits per heavy atom. The molecule has 0 aliphatic carbocycles. The topological polar surface area (TPSA) is 67.4 Å². The van der Waals surface area contributed by atoms with Crippen molar-refractivity contribution in [2.75, 3.05) is 25.3 Å². The zero-order chi connectivity index (χ0) is 13.2. The van der Waals surface area contributed by atoms with E-state index in [1.165, 1.54) is 7.11 Å². The number of ether oxygens (including phenoxy) is 1. The zero-order valence-electron chi connectivity index (χ0n) is 10.9. The molecule has 1 saturated heterocycles. The number of amides is 1. The van der Waals surface area contributed by atoms with Crippen molar-refractivity contribution in [1.82, 2.24) is 10.6 Å². The Hall–Kier alpha value is -0.750. The maximum atomic E-state index is 11.6. The number of esters is 1. The summed E-state index contributed by atoms with van der Waals surface area (Å²) >= 11 is 1.75. The summed E-state index contributed by atoms with van der Waals surface area (Å²) in [6.07, 6.45) is 4.35. The molecule has 1 rings (SSSR count). The maximum absolute atomic E-state index is 11.6. The van der Waals surface area contributed by atoms with Crippen LogP contribution in [0.15, 0.2) is 0 Å². The summed E-state index contributed by atoms with van der Waals surface area (Å²) in [7, 11) is 1.41. The van der Waals surface area contributed by atoms with E-state index in [1.54, 1.807) is 11.8 Å². The van der Waals surface area contributed by atoms with Crippen molar-refractivity contribution in [3.05, 3.63) is 0 Å². The summed E-state index contributed by atoms with van der Waals surface area (Å²) in [6, 6.07) is -0.0191. The van der Waals surface area contributed by atoms with Crippen LogP contribution in [-0.2, 0) is 14.3 Å². The summed E-state index contributed by atoms with van der Waals surface area (Å²) < 4.78 is 4.56. The highest BCUT2D eigenvalue weighted by molar-refractivity contribution is 7.99. The highest BCUT2D eigenvalue weighted by atomic mass is 32.2. The van der Waals surface area contributed by atoms with Crippen LogP contribution in [0.2, 0.25) is 0 Å². The molecule has 0 aromatic rings. The first-order chi connectivity index (χ1) is 8.74. The average molecular weight is 274 g/mol. The molecule has 1 aliphatic heterocycles. The van der Waals surface area contributed by atoms with Gasteiger partial charge >= 0.3 is 5.97 Å². The number of thioether (sulfide) groups is 1. The minimum Gasteiger partial charge on any atom is -0.469 e. The third kappa shape index (κ3) is 6.26. The molecule has 1 aliphatic rings. The lowest BCUT2D eigenvalue weighted by Crippen LogP contribution is -2.42. The number of hydrogen-bond acceptors (Lipinski definition) is 5. The number of methoxy groups -OCH3 is 1. The van der Waals surface area contributed by atoms with E-state index in [4.69, 9.17) is 0 Å². The van der Waals surface area contributed by atoms with Gasteiger partial charge in [0.2, 0.25) is 5.91 Å². The number of carbonyl (C=O) groups excluding carboxylic acids is 2. The summed E-state index contributed by atoms with van der Waals surface area (Å²) in [5.41, 5.74) is 0. The molecule has 2 N–H and O–H groups in total. The normalized spacial score (nSPS) is 18.6. The lowest BCUT2D eigenvalue weighted by Gasteiger charge is -2.10. The van der Waals surface area contributed by atoms with E-state index >= 15 is 0 Å². The van der Waals surface area contributed by atoms with Crippen LogP contribution in [0.4, 0.5) is 0 Å². The molecule has 18 heavy (non-hydrogen) atoms. The van der Waals surface area contributed by atoms with Crippen LogP contribution in [0.3, 0.4) is 0 Å². The van der Waals surface area contributed by atoms with E-state index in [2.05, 4.69) is 15.4 Å². The monoisotopic (exact) mass is 274 g/mol. The molecule has 6 heteroatoms. The predicted molar refractivity (Wildman–Crippen MR) is 72.4 cm³/mol. The molecule has 0 radical (unpaired) electrons. The third-order valence-corrected chi connectivity index (χ3v) is 3.81. The SMILES string of the molecule is COC(=O)CCCCCCNC(=O)C1CSCN1. The van der Waals surface area contributed by atoms with Crippen molar-refractivity contribution in [1.29, 1.82) is 0 Å². The fraction of sp³-hybridized carbons (Fsp3) is 0.833. The lowest BCUT2D eigenvalue weighted by molar-refractivity contribution is -0.140. The molecular weight excluding hydrogens is 252 g/mol. The smallest absolute Gasteiger partial charge is 0.305 e. The fourth-order valence-electron chi connectivity index (χ4n) is 1.75. The largest absolute Gasteiger partial charge is 0.469 e. The Morgan fingerprint density at radius 1 is 1.33 bits per heavy atom. The molecule has 0 aromatic heterocycles. The minimum absolute atomic E-state index is 0.0191. The number of hydrogen-bond donors (Lipinski definition) is 2. The van der Waals surface area contributed by atoms with Crippen molar-refractivity contribution in [2.24, 2.45) is 0 Å². The van der Waals surface area contributed by atoms with Gasteiger partial charge in [-0.1, -0.05) is 12.8 Å². The van der Waals surface area contributed by atoms with Crippen LogP contribution >= 0.6 is 11.8 Å². The zero-order valence-corrected chi connectivity index (χ0v) is 11.7. The van der Waals surface area contributed by atoms with Crippen LogP contribution in [0.5, 0.6) is 0 Å². The van der Waals surface area contributed by atoms with E-state index in [1.807, 2.05) is 0 Å². The third-order valence-electron chi connectivity index (χ3n) is 2.87. The Labute approximate surface area is 112 Å². The second-order valence-corrected chi connectivity index (χ2v) is 5.33. The van der Waals surface area contributed by atoms with Crippen molar-refractivity contribution < 1.29 is 14.3 Å². The highest BCUT2D eigenvalue weighted by Crippen LogP contribution is 2.09. The Kier molecular flexibility index (Phi) is 7.84. The Bertz CT molecular complexity index is 268. The Balaban J connectivity index is 1.89. The van der Waals surface area contributed by atoms with Crippen LogP contribution in [0.1, 0.15) is 32.1 Å². The van der Waals surface area contributed by atoms with Crippen LogP contribution in [0, 0.1) is 0 Å².